The number of hydrogen-bond donors (Lipinski definition) is 1. The molecule has 2 unspecified atom stereocenters. The molecule has 0 radical (unpaired) electrons. The first kappa shape index (κ1) is 11.5. The summed E-state index contributed by atoms with van der Waals surface area (Å²) in [7, 11) is 2.19. The van der Waals surface area contributed by atoms with Gasteiger partial charge in [-0.15, -0.1) is 11.3 Å². The number of aliphatic carboxylic acids is 1. The first-order chi connectivity index (χ1) is 8.15. The zero-order valence-electron chi connectivity index (χ0n) is 9.55. The molecule has 0 spiro atoms. The fourth-order valence-corrected chi connectivity index (χ4v) is 4.84. The molecule has 2 aliphatic heterocycles. The zero-order chi connectivity index (χ0) is 12.0. The van der Waals surface area contributed by atoms with Crippen LogP contribution in [0.5, 0.6) is 0 Å². The van der Waals surface area contributed by atoms with Crippen LogP contribution in [0.2, 0.25) is 0 Å². The van der Waals surface area contributed by atoms with Crippen molar-refractivity contribution in [2.24, 2.45) is 0 Å². The second-order valence-electron chi connectivity index (χ2n) is 4.59. The van der Waals surface area contributed by atoms with Crippen molar-refractivity contribution >= 4 is 29.1 Å². The number of carboxylic acids is 1. The van der Waals surface area contributed by atoms with Gasteiger partial charge in [0.15, 0.2) is 4.34 Å². The second-order valence-corrected chi connectivity index (χ2v) is 6.84. The van der Waals surface area contributed by atoms with Crippen LogP contribution in [-0.4, -0.2) is 39.8 Å². The molecule has 1 aromatic heterocycles. The van der Waals surface area contributed by atoms with E-state index in [1.165, 1.54) is 35.2 Å². The molecule has 2 bridgehead atoms. The van der Waals surface area contributed by atoms with Crippen molar-refractivity contribution in [3.63, 3.8) is 0 Å². The van der Waals surface area contributed by atoms with Crippen LogP contribution in [-0.2, 0) is 11.2 Å². The standard InChI is InChI=1S/C11H14N2O2S2/c1-13-6-2-3-8(13)10-7(4-6)12-11(17-10)16-5-9(14)15/h6,8H,2-5H2,1H3,(H,14,15). The fourth-order valence-electron chi connectivity index (χ4n) is 2.73. The molecule has 0 aliphatic carbocycles. The molecule has 2 aliphatic rings. The van der Waals surface area contributed by atoms with E-state index in [1.54, 1.807) is 11.3 Å². The first-order valence-electron chi connectivity index (χ1n) is 5.71. The Balaban J connectivity index is 1.82. The molecule has 6 heteroatoms. The van der Waals surface area contributed by atoms with E-state index in [1.807, 2.05) is 0 Å². The molecule has 1 fully saturated rings. The average molecular weight is 270 g/mol. The second kappa shape index (κ2) is 4.26. The third-order valence-electron chi connectivity index (χ3n) is 3.60. The lowest BCUT2D eigenvalue weighted by molar-refractivity contribution is -0.133. The maximum absolute atomic E-state index is 10.5. The Morgan fingerprint density at radius 3 is 3.24 bits per heavy atom. The number of carboxylic acid groups (broad SMARTS) is 1. The first-order valence-corrected chi connectivity index (χ1v) is 7.51. The van der Waals surface area contributed by atoms with E-state index in [0.717, 1.165) is 10.8 Å². The topological polar surface area (TPSA) is 53.4 Å². The van der Waals surface area contributed by atoms with Gasteiger partial charge in [-0.05, 0) is 19.9 Å². The number of fused-ring (bicyclic) bond motifs is 4. The molecule has 0 saturated carbocycles. The molecule has 3 heterocycles. The van der Waals surface area contributed by atoms with Crippen LogP contribution in [0.1, 0.15) is 29.5 Å². The number of carbonyl (C=O) groups is 1. The lowest BCUT2D eigenvalue weighted by Crippen LogP contribution is -2.33. The summed E-state index contributed by atoms with van der Waals surface area (Å²) < 4.78 is 0.915. The Hall–Kier alpha value is -0.590. The van der Waals surface area contributed by atoms with Gasteiger partial charge in [-0.1, -0.05) is 11.8 Å². The minimum Gasteiger partial charge on any atom is -0.481 e. The molecule has 4 nitrogen and oxygen atoms in total. The van der Waals surface area contributed by atoms with Crippen molar-refractivity contribution in [3.05, 3.63) is 10.6 Å². The molecular weight excluding hydrogens is 256 g/mol. The largest absolute Gasteiger partial charge is 0.481 e. The summed E-state index contributed by atoms with van der Waals surface area (Å²) in [4.78, 5) is 19.0. The van der Waals surface area contributed by atoms with Gasteiger partial charge in [0, 0.05) is 23.4 Å². The smallest absolute Gasteiger partial charge is 0.313 e. The molecule has 2 atom stereocenters. The molecule has 1 N–H and O–H groups in total. The van der Waals surface area contributed by atoms with Gasteiger partial charge in [-0.3, -0.25) is 9.69 Å². The third kappa shape index (κ3) is 1.98. The van der Waals surface area contributed by atoms with E-state index < -0.39 is 5.97 Å². The number of likely N-dealkylation sites (N-methyl/N-ethyl adjacent to an activating group) is 1. The highest BCUT2D eigenvalue weighted by Gasteiger charge is 2.39. The third-order valence-corrected chi connectivity index (χ3v) is 5.93. The minimum atomic E-state index is -0.776. The lowest BCUT2D eigenvalue weighted by atomic mass is 10.1. The summed E-state index contributed by atoms with van der Waals surface area (Å²) in [5.41, 5.74) is 1.22. The van der Waals surface area contributed by atoms with Crippen LogP contribution in [0.15, 0.2) is 4.34 Å². The van der Waals surface area contributed by atoms with Gasteiger partial charge in [0.25, 0.3) is 0 Å². The number of aromatic nitrogens is 1. The minimum absolute atomic E-state index is 0.107. The van der Waals surface area contributed by atoms with E-state index in [-0.39, 0.29) is 5.75 Å². The Bertz CT molecular complexity index is 460. The summed E-state index contributed by atoms with van der Waals surface area (Å²) in [6, 6.07) is 1.17. The molecule has 1 saturated heterocycles. The van der Waals surface area contributed by atoms with Crippen molar-refractivity contribution < 1.29 is 9.90 Å². The Labute approximate surface area is 108 Å². The van der Waals surface area contributed by atoms with Crippen LogP contribution < -0.4 is 0 Å². The van der Waals surface area contributed by atoms with Crippen LogP contribution in [0.4, 0.5) is 0 Å². The van der Waals surface area contributed by atoms with Gasteiger partial charge in [-0.25, -0.2) is 4.98 Å². The highest BCUT2D eigenvalue weighted by Crippen LogP contribution is 2.46. The lowest BCUT2D eigenvalue weighted by Gasteiger charge is -2.29. The maximum atomic E-state index is 10.5. The van der Waals surface area contributed by atoms with Gasteiger partial charge in [0.2, 0.25) is 0 Å². The predicted molar refractivity (Wildman–Crippen MR) is 67.7 cm³/mol. The van der Waals surface area contributed by atoms with E-state index >= 15 is 0 Å². The SMILES string of the molecule is CN1C2CCC1c1sc(SCC(=O)O)nc1C2. The fraction of sp³-hybridized carbons (Fsp3) is 0.636. The summed E-state index contributed by atoms with van der Waals surface area (Å²) in [5.74, 6) is -0.669. The quantitative estimate of drug-likeness (QED) is 0.852. The van der Waals surface area contributed by atoms with Crippen molar-refractivity contribution in [1.82, 2.24) is 9.88 Å². The number of rotatable bonds is 3. The summed E-state index contributed by atoms with van der Waals surface area (Å²) >= 11 is 3.03. The van der Waals surface area contributed by atoms with E-state index in [2.05, 4.69) is 16.9 Å². The molecule has 92 valence electrons. The average Bonchev–Trinajstić information content (AvgIpc) is 2.78. The molecule has 17 heavy (non-hydrogen) atoms. The number of nitrogens with zero attached hydrogens (tertiary/aromatic N) is 2. The van der Waals surface area contributed by atoms with Gasteiger partial charge in [-0.2, -0.15) is 0 Å². The molecule has 3 rings (SSSR count). The highest BCUT2D eigenvalue weighted by molar-refractivity contribution is 8.01. The summed E-state index contributed by atoms with van der Waals surface area (Å²) in [5, 5.41) is 8.67. The van der Waals surface area contributed by atoms with Crippen LogP contribution >= 0.6 is 23.1 Å². The van der Waals surface area contributed by atoms with Gasteiger partial charge < -0.3 is 5.11 Å². The highest BCUT2D eigenvalue weighted by atomic mass is 32.2. The van der Waals surface area contributed by atoms with E-state index in [9.17, 15) is 4.79 Å². The van der Waals surface area contributed by atoms with Crippen molar-refractivity contribution in [2.75, 3.05) is 12.8 Å². The van der Waals surface area contributed by atoms with Gasteiger partial charge in [0.1, 0.15) is 0 Å². The maximum Gasteiger partial charge on any atom is 0.313 e. The van der Waals surface area contributed by atoms with E-state index in [0.29, 0.717) is 12.1 Å². The number of thiazole rings is 1. The van der Waals surface area contributed by atoms with Gasteiger partial charge >= 0.3 is 5.97 Å². The Morgan fingerprint density at radius 2 is 2.47 bits per heavy atom. The van der Waals surface area contributed by atoms with Gasteiger partial charge in [0.05, 0.1) is 11.4 Å². The number of thioether (sulfide) groups is 1. The predicted octanol–water partition coefficient (Wildman–Crippen LogP) is 2.01. The monoisotopic (exact) mass is 270 g/mol. The van der Waals surface area contributed by atoms with Crippen molar-refractivity contribution in [1.29, 1.82) is 0 Å². The van der Waals surface area contributed by atoms with Crippen LogP contribution in [0.3, 0.4) is 0 Å². The van der Waals surface area contributed by atoms with Crippen molar-refractivity contribution in [3.8, 4) is 0 Å². The van der Waals surface area contributed by atoms with Crippen LogP contribution in [0, 0.1) is 0 Å². The molecule has 1 aromatic rings. The summed E-state index contributed by atoms with van der Waals surface area (Å²) in [6.07, 6.45) is 3.52. The summed E-state index contributed by atoms with van der Waals surface area (Å²) in [6.45, 7) is 0. The molecule has 0 aromatic carbocycles. The van der Waals surface area contributed by atoms with E-state index in [4.69, 9.17) is 5.11 Å². The molecular formula is C11H14N2O2S2. The Kier molecular flexibility index (Phi) is 2.88. The number of hydrogen-bond acceptors (Lipinski definition) is 5. The van der Waals surface area contributed by atoms with Crippen LogP contribution in [0.25, 0.3) is 0 Å². The Morgan fingerprint density at radius 1 is 1.65 bits per heavy atom. The normalized spacial score (nSPS) is 27.1. The zero-order valence-corrected chi connectivity index (χ0v) is 11.2. The molecule has 0 amide bonds. The van der Waals surface area contributed by atoms with Crippen molar-refractivity contribution in [2.45, 2.75) is 35.7 Å².